The van der Waals surface area contributed by atoms with E-state index in [2.05, 4.69) is 30.7 Å². The SMILES string of the molecule is CC1CC(CN)(N2CCCCCC2C)CCN1C. The van der Waals surface area contributed by atoms with Gasteiger partial charge in [0.25, 0.3) is 0 Å². The van der Waals surface area contributed by atoms with Gasteiger partial charge in [0.1, 0.15) is 0 Å². The monoisotopic (exact) mass is 253 g/mol. The van der Waals surface area contributed by atoms with E-state index in [0.717, 1.165) is 6.54 Å². The lowest BCUT2D eigenvalue weighted by Gasteiger charge is -2.52. The fourth-order valence-corrected chi connectivity index (χ4v) is 3.96. The highest BCUT2D eigenvalue weighted by Gasteiger charge is 2.42. The molecule has 2 heterocycles. The highest BCUT2D eigenvalue weighted by molar-refractivity contribution is 5.00. The Kier molecular flexibility index (Phi) is 4.68. The summed E-state index contributed by atoms with van der Waals surface area (Å²) in [4.78, 5) is 5.25. The molecule has 0 amide bonds. The van der Waals surface area contributed by atoms with Crippen LogP contribution in [0.15, 0.2) is 0 Å². The third-order valence-corrected chi connectivity index (χ3v) is 5.40. The Morgan fingerprint density at radius 3 is 2.56 bits per heavy atom. The maximum absolute atomic E-state index is 6.23. The Balaban J connectivity index is 2.14. The summed E-state index contributed by atoms with van der Waals surface area (Å²) in [6.45, 7) is 8.05. The molecule has 0 bridgehead atoms. The molecule has 0 saturated carbocycles. The maximum atomic E-state index is 6.23. The molecule has 3 atom stereocenters. The predicted molar refractivity (Wildman–Crippen MR) is 77.7 cm³/mol. The van der Waals surface area contributed by atoms with Gasteiger partial charge in [-0.1, -0.05) is 12.8 Å². The average Bonchev–Trinajstić information content (AvgIpc) is 2.58. The second-order valence-corrected chi connectivity index (χ2v) is 6.60. The summed E-state index contributed by atoms with van der Waals surface area (Å²) >= 11 is 0. The molecule has 18 heavy (non-hydrogen) atoms. The van der Waals surface area contributed by atoms with Crippen LogP contribution in [0.25, 0.3) is 0 Å². The molecule has 2 saturated heterocycles. The van der Waals surface area contributed by atoms with Gasteiger partial charge in [-0.25, -0.2) is 0 Å². The van der Waals surface area contributed by atoms with E-state index < -0.39 is 0 Å². The fourth-order valence-electron chi connectivity index (χ4n) is 3.96. The van der Waals surface area contributed by atoms with E-state index in [-0.39, 0.29) is 5.54 Å². The number of hydrogen-bond donors (Lipinski definition) is 1. The Morgan fingerprint density at radius 2 is 1.89 bits per heavy atom. The molecule has 2 aliphatic rings. The van der Waals surface area contributed by atoms with Crippen molar-refractivity contribution >= 4 is 0 Å². The summed E-state index contributed by atoms with van der Waals surface area (Å²) in [5.41, 5.74) is 6.50. The van der Waals surface area contributed by atoms with Crippen molar-refractivity contribution in [3.63, 3.8) is 0 Å². The molecule has 0 aliphatic carbocycles. The van der Waals surface area contributed by atoms with E-state index in [0.29, 0.717) is 12.1 Å². The van der Waals surface area contributed by atoms with Crippen LogP contribution in [0.4, 0.5) is 0 Å². The first-order valence-corrected chi connectivity index (χ1v) is 7.76. The van der Waals surface area contributed by atoms with Crippen LogP contribution in [-0.2, 0) is 0 Å². The van der Waals surface area contributed by atoms with Crippen LogP contribution >= 0.6 is 0 Å². The van der Waals surface area contributed by atoms with E-state index in [1.54, 1.807) is 0 Å². The van der Waals surface area contributed by atoms with Crippen molar-refractivity contribution < 1.29 is 0 Å². The van der Waals surface area contributed by atoms with Gasteiger partial charge in [0.05, 0.1) is 0 Å². The third kappa shape index (κ3) is 2.73. The summed E-state index contributed by atoms with van der Waals surface area (Å²) in [5, 5.41) is 0. The number of nitrogens with two attached hydrogens (primary N) is 1. The second kappa shape index (κ2) is 5.89. The molecule has 0 spiro atoms. The first-order valence-electron chi connectivity index (χ1n) is 7.76. The van der Waals surface area contributed by atoms with Crippen molar-refractivity contribution in [2.45, 2.75) is 70.0 Å². The van der Waals surface area contributed by atoms with Crippen molar-refractivity contribution in [3.8, 4) is 0 Å². The molecule has 3 nitrogen and oxygen atoms in total. The van der Waals surface area contributed by atoms with Crippen molar-refractivity contribution in [1.82, 2.24) is 9.80 Å². The zero-order valence-electron chi connectivity index (χ0n) is 12.5. The zero-order chi connectivity index (χ0) is 13.2. The van der Waals surface area contributed by atoms with Gasteiger partial charge in [-0.2, -0.15) is 0 Å². The van der Waals surface area contributed by atoms with E-state index >= 15 is 0 Å². The van der Waals surface area contributed by atoms with Crippen LogP contribution in [0.5, 0.6) is 0 Å². The number of piperidine rings is 1. The summed E-state index contributed by atoms with van der Waals surface area (Å²) in [6, 6.07) is 1.38. The van der Waals surface area contributed by atoms with Crippen molar-refractivity contribution in [3.05, 3.63) is 0 Å². The lowest BCUT2D eigenvalue weighted by Crippen LogP contribution is -2.63. The molecular formula is C15H31N3. The van der Waals surface area contributed by atoms with E-state index in [1.807, 2.05) is 0 Å². The molecule has 3 unspecified atom stereocenters. The van der Waals surface area contributed by atoms with E-state index in [9.17, 15) is 0 Å². The molecule has 0 radical (unpaired) electrons. The standard InChI is InChI=1S/C15H31N3/c1-13-7-5-4-6-9-18(13)15(12-16)8-10-17(3)14(2)11-15/h13-14H,4-12,16H2,1-3H3. The highest BCUT2D eigenvalue weighted by atomic mass is 15.3. The summed E-state index contributed by atoms with van der Waals surface area (Å²) in [5.74, 6) is 0. The van der Waals surface area contributed by atoms with Crippen LogP contribution in [0.2, 0.25) is 0 Å². The minimum absolute atomic E-state index is 0.273. The van der Waals surface area contributed by atoms with Crippen LogP contribution in [0.1, 0.15) is 52.4 Å². The minimum atomic E-state index is 0.273. The summed E-state index contributed by atoms with van der Waals surface area (Å²) in [7, 11) is 2.25. The van der Waals surface area contributed by atoms with Crippen molar-refractivity contribution in [2.75, 3.05) is 26.7 Å². The topological polar surface area (TPSA) is 32.5 Å². The molecule has 0 aromatic rings. The quantitative estimate of drug-likeness (QED) is 0.817. The largest absolute Gasteiger partial charge is 0.329 e. The average molecular weight is 253 g/mol. The Bertz CT molecular complexity index is 268. The number of hydrogen-bond acceptors (Lipinski definition) is 3. The first kappa shape index (κ1) is 14.3. The Labute approximate surface area is 113 Å². The molecule has 2 rings (SSSR count). The van der Waals surface area contributed by atoms with Gasteiger partial charge in [-0.05, 0) is 59.7 Å². The molecule has 0 aromatic heterocycles. The number of likely N-dealkylation sites (tertiary alicyclic amines) is 2. The van der Waals surface area contributed by atoms with Gasteiger partial charge in [0.15, 0.2) is 0 Å². The molecule has 2 aliphatic heterocycles. The predicted octanol–water partition coefficient (Wildman–Crippen LogP) is 2.06. The van der Waals surface area contributed by atoms with Gasteiger partial charge in [0.2, 0.25) is 0 Å². The van der Waals surface area contributed by atoms with Crippen LogP contribution in [-0.4, -0.2) is 54.1 Å². The van der Waals surface area contributed by atoms with E-state index in [4.69, 9.17) is 5.73 Å². The van der Waals surface area contributed by atoms with Crippen LogP contribution < -0.4 is 5.73 Å². The van der Waals surface area contributed by atoms with Crippen LogP contribution in [0.3, 0.4) is 0 Å². The summed E-state index contributed by atoms with van der Waals surface area (Å²) < 4.78 is 0. The molecule has 2 N–H and O–H groups in total. The Morgan fingerprint density at radius 1 is 1.11 bits per heavy atom. The van der Waals surface area contributed by atoms with Gasteiger partial charge in [0, 0.05) is 24.2 Å². The van der Waals surface area contributed by atoms with Crippen LogP contribution in [0, 0.1) is 0 Å². The number of nitrogens with zero attached hydrogens (tertiary/aromatic N) is 2. The molecule has 106 valence electrons. The smallest absolute Gasteiger partial charge is 0.0361 e. The first-order chi connectivity index (χ1) is 8.59. The second-order valence-electron chi connectivity index (χ2n) is 6.60. The molecule has 0 aromatic carbocycles. The molecule has 2 fully saturated rings. The zero-order valence-corrected chi connectivity index (χ0v) is 12.5. The molecule has 3 heteroatoms. The van der Waals surface area contributed by atoms with Gasteiger partial charge in [-0.15, -0.1) is 0 Å². The van der Waals surface area contributed by atoms with Gasteiger partial charge < -0.3 is 10.6 Å². The highest BCUT2D eigenvalue weighted by Crippen LogP contribution is 2.35. The van der Waals surface area contributed by atoms with Crippen molar-refractivity contribution in [2.24, 2.45) is 5.73 Å². The number of rotatable bonds is 2. The van der Waals surface area contributed by atoms with Crippen molar-refractivity contribution in [1.29, 1.82) is 0 Å². The summed E-state index contributed by atoms with van der Waals surface area (Å²) in [6.07, 6.45) is 7.99. The third-order valence-electron chi connectivity index (χ3n) is 5.40. The van der Waals surface area contributed by atoms with Gasteiger partial charge in [-0.3, -0.25) is 4.90 Å². The normalized spacial score (nSPS) is 40.7. The minimum Gasteiger partial charge on any atom is -0.329 e. The molecular weight excluding hydrogens is 222 g/mol. The maximum Gasteiger partial charge on any atom is 0.0361 e. The van der Waals surface area contributed by atoms with E-state index in [1.165, 1.54) is 51.6 Å². The fraction of sp³-hybridized carbons (Fsp3) is 1.00. The lowest BCUT2D eigenvalue weighted by atomic mass is 9.81. The Hall–Kier alpha value is -0.120. The van der Waals surface area contributed by atoms with Gasteiger partial charge >= 0.3 is 0 Å². The lowest BCUT2D eigenvalue weighted by molar-refractivity contribution is -0.0108.